The molecule has 1 aromatic carbocycles. The maximum atomic E-state index is 12.1. The number of benzene rings is 1. The average molecular weight is 332 g/mol. The van der Waals surface area contributed by atoms with Gasteiger partial charge >= 0.3 is 0 Å². The Hall–Kier alpha value is -2.96. The summed E-state index contributed by atoms with van der Waals surface area (Å²) < 4.78 is 21.1. The van der Waals surface area contributed by atoms with E-state index in [2.05, 4.69) is 10.5 Å². The van der Waals surface area contributed by atoms with Gasteiger partial charge in [-0.05, 0) is 19.9 Å². The van der Waals surface area contributed by atoms with Gasteiger partial charge in [-0.2, -0.15) is 5.10 Å². The smallest absolute Gasteiger partial charge is 0.274 e. The number of hydrogen-bond donors (Lipinski definition) is 1. The number of hydrazone groups is 1. The molecule has 0 atom stereocenters. The topological polar surface area (TPSA) is 82.3 Å². The number of hydrogen-bond acceptors (Lipinski definition) is 6. The summed E-state index contributed by atoms with van der Waals surface area (Å²) in [5, 5.41) is 3.97. The van der Waals surface area contributed by atoms with Gasteiger partial charge in [-0.25, -0.2) is 5.43 Å². The first-order valence-electron chi connectivity index (χ1n) is 7.20. The van der Waals surface area contributed by atoms with E-state index in [9.17, 15) is 4.79 Å². The van der Waals surface area contributed by atoms with Gasteiger partial charge in [0.15, 0.2) is 0 Å². The number of nitrogens with one attached hydrogen (secondary N) is 1. The third-order valence-corrected chi connectivity index (χ3v) is 3.40. The standard InChI is InChI=1S/C17H20N2O5/c1-10-6-13(11(2)24-10)17(20)19-18-9-14-15(22-4)7-12(21-3)8-16(14)23-5/h6-9H,1-5H3,(H,19,20). The SMILES string of the molecule is COc1cc(OC)c(C=NNC(=O)c2cc(C)oc2C)c(OC)c1. The zero-order valence-electron chi connectivity index (χ0n) is 14.3. The zero-order valence-corrected chi connectivity index (χ0v) is 14.3. The van der Waals surface area contributed by atoms with Gasteiger partial charge in [0, 0.05) is 12.1 Å². The van der Waals surface area contributed by atoms with Crippen molar-refractivity contribution < 1.29 is 23.4 Å². The third-order valence-electron chi connectivity index (χ3n) is 3.40. The van der Waals surface area contributed by atoms with E-state index in [1.165, 1.54) is 20.4 Å². The van der Waals surface area contributed by atoms with Gasteiger partial charge in [0.2, 0.25) is 0 Å². The Morgan fingerprint density at radius 1 is 1.08 bits per heavy atom. The Bertz CT molecular complexity index is 739. The van der Waals surface area contributed by atoms with Gasteiger partial charge < -0.3 is 18.6 Å². The van der Waals surface area contributed by atoms with Gasteiger partial charge in [-0.3, -0.25) is 4.79 Å². The minimum Gasteiger partial charge on any atom is -0.496 e. The van der Waals surface area contributed by atoms with Crippen LogP contribution in [0.4, 0.5) is 0 Å². The van der Waals surface area contributed by atoms with Crippen LogP contribution in [-0.4, -0.2) is 33.5 Å². The van der Waals surface area contributed by atoms with Gasteiger partial charge in [-0.15, -0.1) is 0 Å². The van der Waals surface area contributed by atoms with Crippen LogP contribution in [0.2, 0.25) is 0 Å². The summed E-state index contributed by atoms with van der Waals surface area (Å²) in [5.41, 5.74) is 3.49. The second-order valence-electron chi connectivity index (χ2n) is 4.97. The number of aryl methyl sites for hydroxylation is 2. The molecule has 1 heterocycles. The van der Waals surface area contributed by atoms with Crippen molar-refractivity contribution >= 4 is 12.1 Å². The molecule has 0 aliphatic rings. The predicted molar refractivity (Wildman–Crippen MR) is 89.3 cm³/mol. The molecule has 1 N–H and O–H groups in total. The van der Waals surface area contributed by atoms with Crippen LogP contribution in [0, 0.1) is 13.8 Å². The molecule has 0 unspecified atom stereocenters. The molecule has 0 saturated heterocycles. The fourth-order valence-electron chi connectivity index (χ4n) is 2.23. The van der Waals surface area contributed by atoms with Crippen LogP contribution in [0.25, 0.3) is 0 Å². The van der Waals surface area contributed by atoms with E-state index in [1.54, 1.807) is 39.2 Å². The molecule has 0 fully saturated rings. The van der Waals surface area contributed by atoms with Gasteiger partial charge in [0.1, 0.15) is 28.8 Å². The summed E-state index contributed by atoms with van der Waals surface area (Å²) in [6, 6.07) is 5.07. The maximum absolute atomic E-state index is 12.1. The minimum atomic E-state index is -0.355. The van der Waals surface area contributed by atoms with E-state index in [-0.39, 0.29) is 5.91 Å². The van der Waals surface area contributed by atoms with E-state index in [0.717, 1.165) is 0 Å². The number of carbonyl (C=O) groups is 1. The lowest BCUT2D eigenvalue weighted by molar-refractivity contribution is 0.0953. The zero-order chi connectivity index (χ0) is 17.7. The monoisotopic (exact) mass is 332 g/mol. The third kappa shape index (κ3) is 3.68. The van der Waals surface area contributed by atoms with Crippen LogP contribution in [0.3, 0.4) is 0 Å². The van der Waals surface area contributed by atoms with Crippen LogP contribution in [0.1, 0.15) is 27.4 Å². The molecule has 0 saturated carbocycles. The first-order valence-corrected chi connectivity index (χ1v) is 7.20. The Morgan fingerprint density at radius 3 is 2.17 bits per heavy atom. The molecule has 2 rings (SSSR count). The lowest BCUT2D eigenvalue weighted by atomic mass is 10.2. The Labute approximate surface area is 140 Å². The average Bonchev–Trinajstić information content (AvgIpc) is 2.92. The van der Waals surface area contributed by atoms with Gasteiger partial charge in [-0.1, -0.05) is 0 Å². The number of rotatable bonds is 6. The van der Waals surface area contributed by atoms with E-state index < -0.39 is 0 Å². The second-order valence-corrected chi connectivity index (χ2v) is 4.97. The molecular weight excluding hydrogens is 312 g/mol. The summed E-state index contributed by atoms with van der Waals surface area (Å²) in [5.74, 6) is 2.47. The van der Waals surface area contributed by atoms with Crippen molar-refractivity contribution in [1.29, 1.82) is 0 Å². The number of methoxy groups -OCH3 is 3. The summed E-state index contributed by atoms with van der Waals surface area (Å²) in [6.07, 6.45) is 1.46. The molecule has 1 aromatic heterocycles. The number of ether oxygens (including phenoxy) is 3. The highest BCUT2D eigenvalue weighted by molar-refractivity contribution is 5.96. The highest BCUT2D eigenvalue weighted by Gasteiger charge is 2.14. The first-order chi connectivity index (χ1) is 11.5. The minimum absolute atomic E-state index is 0.355. The Balaban J connectivity index is 2.22. The lowest BCUT2D eigenvalue weighted by Gasteiger charge is -2.12. The van der Waals surface area contributed by atoms with Crippen molar-refractivity contribution in [2.75, 3.05) is 21.3 Å². The van der Waals surface area contributed by atoms with Crippen LogP contribution < -0.4 is 19.6 Å². The molecule has 128 valence electrons. The molecule has 2 aromatic rings. The fourth-order valence-corrected chi connectivity index (χ4v) is 2.23. The lowest BCUT2D eigenvalue weighted by Crippen LogP contribution is -2.18. The molecule has 0 spiro atoms. The van der Waals surface area contributed by atoms with Crippen LogP contribution in [-0.2, 0) is 0 Å². The number of furan rings is 1. The highest BCUT2D eigenvalue weighted by Crippen LogP contribution is 2.32. The highest BCUT2D eigenvalue weighted by atomic mass is 16.5. The summed E-state index contributed by atoms with van der Waals surface area (Å²) in [6.45, 7) is 3.50. The Morgan fingerprint density at radius 2 is 1.71 bits per heavy atom. The summed E-state index contributed by atoms with van der Waals surface area (Å²) in [4.78, 5) is 12.1. The van der Waals surface area contributed by atoms with E-state index >= 15 is 0 Å². The van der Waals surface area contributed by atoms with E-state index in [4.69, 9.17) is 18.6 Å². The van der Waals surface area contributed by atoms with Crippen molar-refractivity contribution in [3.63, 3.8) is 0 Å². The molecular formula is C17H20N2O5. The molecule has 7 heteroatoms. The molecule has 1 amide bonds. The molecule has 0 radical (unpaired) electrons. The van der Waals surface area contributed by atoms with Crippen molar-refractivity contribution in [3.8, 4) is 17.2 Å². The number of amides is 1. The van der Waals surface area contributed by atoms with Gasteiger partial charge in [0.25, 0.3) is 5.91 Å². The van der Waals surface area contributed by atoms with Crippen molar-refractivity contribution in [2.45, 2.75) is 13.8 Å². The summed E-state index contributed by atoms with van der Waals surface area (Å²) in [7, 11) is 4.61. The van der Waals surface area contributed by atoms with E-state index in [0.29, 0.717) is 39.9 Å². The first kappa shape index (κ1) is 17.4. The van der Waals surface area contributed by atoms with Crippen LogP contribution >= 0.6 is 0 Å². The van der Waals surface area contributed by atoms with Crippen LogP contribution in [0.15, 0.2) is 27.7 Å². The number of carbonyl (C=O) groups excluding carboxylic acids is 1. The van der Waals surface area contributed by atoms with Gasteiger partial charge in [0.05, 0.1) is 38.7 Å². The molecule has 7 nitrogen and oxygen atoms in total. The normalized spacial score (nSPS) is 10.7. The van der Waals surface area contributed by atoms with Crippen molar-refractivity contribution in [1.82, 2.24) is 5.43 Å². The van der Waals surface area contributed by atoms with Crippen molar-refractivity contribution in [2.24, 2.45) is 5.10 Å². The molecule has 0 bridgehead atoms. The largest absolute Gasteiger partial charge is 0.496 e. The molecule has 0 aliphatic carbocycles. The summed E-state index contributed by atoms with van der Waals surface area (Å²) >= 11 is 0. The quantitative estimate of drug-likeness (QED) is 0.649. The maximum Gasteiger partial charge on any atom is 0.274 e. The molecule has 24 heavy (non-hydrogen) atoms. The van der Waals surface area contributed by atoms with Crippen molar-refractivity contribution in [3.05, 3.63) is 40.8 Å². The number of nitrogens with zero attached hydrogens (tertiary/aromatic N) is 1. The fraction of sp³-hybridized carbons (Fsp3) is 0.294. The molecule has 0 aliphatic heterocycles. The van der Waals surface area contributed by atoms with E-state index in [1.807, 2.05) is 0 Å². The predicted octanol–water partition coefficient (Wildman–Crippen LogP) is 2.69. The second kappa shape index (κ2) is 7.54. The Kier molecular flexibility index (Phi) is 5.47. The van der Waals surface area contributed by atoms with Crippen LogP contribution in [0.5, 0.6) is 17.2 Å².